The summed E-state index contributed by atoms with van der Waals surface area (Å²) in [7, 11) is 4.15. The van der Waals surface area contributed by atoms with E-state index in [2.05, 4.69) is 91.6 Å². The maximum absolute atomic E-state index is 5.83. The summed E-state index contributed by atoms with van der Waals surface area (Å²) in [5.74, 6) is 2.31. The summed E-state index contributed by atoms with van der Waals surface area (Å²) >= 11 is 0. The van der Waals surface area contributed by atoms with Gasteiger partial charge < -0.3 is 20.0 Å². The summed E-state index contributed by atoms with van der Waals surface area (Å²) in [6, 6.07) is 8.55. The Balaban J connectivity index is 0.00000392. The first-order chi connectivity index (χ1) is 12.8. The molecule has 0 bridgehead atoms. The van der Waals surface area contributed by atoms with Crippen LogP contribution >= 0.6 is 24.0 Å². The molecular formula is C21H34IN5O. The van der Waals surface area contributed by atoms with Crippen LogP contribution in [0.5, 0.6) is 0 Å². The summed E-state index contributed by atoms with van der Waals surface area (Å²) in [4.78, 5) is 11.2. The number of oxazole rings is 1. The molecule has 0 aliphatic heterocycles. The zero-order valence-electron chi connectivity index (χ0n) is 17.9. The number of aliphatic imine (C=N–C) groups is 1. The summed E-state index contributed by atoms with van der Waals surface area (Å²) in [5, 5.41) is 6.56. The van der Waals surface area contributed by atoms with Crippen molar-refractivity contribution in [3.05, 3.63) is 53.2 Å². The van der Waals surface area contributed by atoms with E-state index in [0.29, 0.717) is 19.0 Å². The quantitative estimate of drug-likeness (QED) is 0.344. The normalized spacial score (nSPS) is 12.0. The van der Waals surface area contributed by atoms with Gasteiger partial charge >= 0.3 is 0 Å². The third kappa shape index (κ3) is 8.18. The molecule has 0 radical (unpaired) electrons. The summed E-state index contributed by atoms with van der Waals surface area (Å²) in [6.45, 7) is 11.2. The van der Waals surface area contributed by atoms with Gasteiger partial charge in [-0.1, -0.05) is 45.0 Å². The zero-order valence-corrected chi connectivity index (χ0v) is 20.2. The second-order valence-electron chi connectivity index (χ2n) is 7.97. The molecule has 0 unspecified atom stereocenters. The average molecular weight is 499 g/mol. The highest BCUT2D eigenvalue weighted by Gasteiger charge is 2.19. The van der Waals surface area contributed by atoms with Crippen LogP contribution < -0.4 is 10.6 Å². The average Bonchev–Trinajstić information content (AvgIpc) is 3.06. The van der Waals surface area contributed by atoms with Gasteiger partial charge in [0.15, 0.2) is 5.96 Å². The number of hydrogen-bond acceptors (Lipinski definition) is 4. The van der Waals surface area contributed by atoms with Gasteiger partial charge in [-0.3, -0.25) is 0 Å². The van der Waals surface area contributed by atoms with Gasteiger partial charge in [-0.25, -0.2) is 9.98 Å². The molecule has 1 aromatic heterocycles. The molecule has 0 spiro atoms. The smallest absolute Gasteiger partial charge is 0.213 e. The predicted molar refractivity (Wildman–Crippen MR) is 126 cm³/mol. The first-order valence-electron chi connectivity index (χ1n) is 9.48. The predicted octanol–water partition coefficient (Wildman–Crippen LogP) is 3.91. The van der Waals surface area contributed by atoms with E-state index in [0.717, 1.165) is 24.8 Å². The second-order valence-corrected chi connectivity index (χ2v) is 7.97. The number of hydrogen-bond donors (Lipinski definition) is 2. The van der Waals surface area contributed by atoms with Gasteiger partial charge in [0.1, 0.15) is 5.76 Å². The highest BCUT2D eigenvalue weighted by molar-refractivity contribution is 14.0. The van der Waals surface area contributed by atoms with E-state index >= 15 is 0 Å². The van der Waals surface area contributed by atoms with Crippen LogP contribution in [-0.2, 0) is 25.0 Å². The topological polar surface area (TPSA) is 65.7 Å². The minimum Gasteiger partial charge on any atom is -0.443 e. The van der Waals surface area contributed by atoms with E-state index in [1.54, 1.807) is 6.20 Å². The highest BCUT2D eigenvalue weighted by atomic mass is 127. The lowest BCUT2D eigenvalue weighted by Gasteiger charge is -2.13. The molecule has 0 saturated carbocycles. The fourth-order valence-corrected chi connectivity index (χ4v) is 2.60. The number of benzene rings is 1. The van der Waals surface area contributed by atoms with Crippen LogP contribution in [-0.4, -0.2) is 36.5 Å². The number of aromatic nitrogens is 1. The second kappa shape index (κ2) is 11.4. The summed E-state index contributed by atoms with van der Waals surface area (Å²) in [5.41, 5.74) is 2.44. The van der Waals surface area contributed by atoms with E-state index in [1.165, 1.54) is 11.1 Å². The van der Waals surface area contributed by atoms with Crippen LogP contribution in [0.15, 0.2) is 39.9 Å². The molecule has 28 heavy (non-hydrogen) atoms. The SMILES string of the molecule is CCNC(=NCc1cccc(CN(C)C)c1)NCc1ncc(C(C)(C)C)o1.I. The first-order valence-corrected chi connectivity index (χ1v) is 9.48. The highest BCUT2D eigenvalue weighted by Crippen LogP contribution is 2.22. The van der Waals surface area contributed by atoms with Gasteiger partial charge in [0.05, 0.1) is 19.3 Å². The van der Waals surface area contributed by atoms with E-state index in [4.69, 9.17) is 4.42 Å². The molecule has 0 aliphatic rings. The molecule has 0 saturated heterocycles. The number of nitrogens with one attached hydrogen (secondary N) is 2. The van der Waals surface area contributed by atoms with E-state index in [1.807, 2.05) is 0 Å². The standard InChI is InChI=1S/C21H33N5O.HI/c1-7-22-20(25-14-19-23-13-18(27-19)21(2,3)4)24-12-16-9-8-10-17(11-16)15-26(5)6;/h8-11,13H,7,12,14-15H2,1-6H3,(H2,22,24,25);1H. The molecule has 156 valence electrons. The van der Waals surface area contributed by atoms with Crippen molar-refractivity contribution in [2.45, 2.75) is 52.7 Å². The Morgan fingerprint density at radius 3 is 2.50 bits per heavy atom. The number of nitrogens with zero attached hydrogens (tertiary/aromatic N) is 3. The number of halogens is 1. The Bertz CT molecular complexity index is 749. The largest absolute Gasteiger partial charge is 0.443 e. The fraction of sp³-hybridized carbons (Fsp3) is 0.524. The van der Waals surface area contributed by atoms with Crippen molar-refractivity contribution in [2.75, 3.05) is 20.6 Å². The molecule has 0 atom stereocenters. The van der Waals surface area contributed by atoms with Gasteiger partial charge in [-0.2, -0.15) is 0 Å². The third-order valence-electron chi connectivity index (χ3n) is 3.95. The fourth-order valence-electron chi connectivity index (χ4n) is 2.60. The van der Waals surface area contributed by atoms with Crippen molar-refractivity contribution in [1.29, 1.82) is 0 Å². The van der Waals surface area contributed by atoms with Gasteiger partial charge in [-0.05, 0) is 32.1 Å². The van der Waals surface area contributed by atoms with Crippen molar-refractivity contribution >= 4 is 29.9 Å². The van der Waals surface area contributed by atoms with Crippen molar-refractivity contribution < 1.29 is 4.42 Å². The van der Waals surface area contributed by atoms with Gasteiger partial charge in [0, 0.05) is 18.5 Å². The van der Waals surface area contributed by atoms with Crippen LogP contribution in [0.4, 0.5) is 0 Å². The van der Waals surface area contributed by atoms with Crippen LogP contribution in [0.25, 0.3) is 0 Å². The van der Waals surface area contributed by atoms with Crippen LogP contribution in [0.2, 0.25) is 0 Å². The van der Waals surface area contributed by atoms with Crippen LogP contribution in [0, 0.1) is 0 Å². The molecule has 1 aromatic carbocycles. The van der Waals surface area contributed by atoms with Gasteiger partial charge in [0.25, 0.3) is 0 Å². The Labute approximate surface area is 186 Å². The number of guanidine groups is 1. The lowest BCUT2D eigenvalue weighted by atomic mass is 9.94. The third-order valence-corrected chi connectivity index (χ3v) is 3.95. The molecule has 2 N–H and O–H groups in total. The summed E-state index contributed by atoms with van der Waals surface area (Å²) < 4.78 is 5.83. The molecule has 7 heteroatoms. The molecule has 0 amide bonds. The Morgan fingerprint density at radius 1 is 1.18 bits per heavy atom. The molecular weight excluding hydrogens is 465 g/mol. The molecule has 6 nitrogen and oxygen atoms in total. The van der Waals surface area contributed by atoms with Gasteiger partial charge in [0.2, 0.25) is 5.89 Å². The minimum absolute atomic E-state index is 0. The first kappa shape index (κ1) is 24.4. The summed E-state index contributed by atoms with van der Waals surface area (Å²) in [6.07, 6.45) is 1.80. The Hall–Kier alpha value is -1.61. The molecule has 2 rings (SSSR count). The lowest BCUT2D eigenvalue weighted by molar-refractivity contribution is 0.379. The number of rotatable bonds is 7. The van der Waals surface area contributed by atoms with Gasteiger partial charge in [-0.15, -0.1) is 24.0 Å². The van der Waals surface area contributed by atoms with Crippen molar-refractivity contribution in [2.24, 2.45) is 4.99 Å². The van der Waals surface area contributed by atoms with E-state index < -0.39 is 0 Å². The molecule has 2 aromatic rings. The van der Waals surface area contributed by atoms with E-state index in [-0.39, 0.29) is 29.4 Å². The van der Waals surface area contributed by atoms with Crippen molar-refractivity contribution in [3.63, 3.8) is 0 Å². The van der Waals surface area contributed by atoms with Crippen molar-refractivity contribution in [3.8, 4) is 0 Å². The molecule has 0 aliphatic carbocycles. The maximum Gasteiger partial charge on any atom is 0.213 e. The zero-order chi connectivity index (χ0) is 19.9. The minimum atomic E-state index is -0.0403. The van der Waals surface area contributed by atoms with Crippen LogP contribution in [0.1, 0.15) is 50.5 Å². The Kier molecular flexibility index (Phi) is 9.95. The molecule has 0 fully saturated rings. The lowest BCUT2D eigenvalue weighted by Crippen LogP contribution is -2.36. The Morgan fingerprint density at radius 2 is 1.89 bits per heavy atom. The molecule has 1 heterocycles. The maximum atomic E-state index is 5.83. The van der Waals surface area contributed by atoms with Crippen molar-refractivity contribution in [1.82, 2.24) is 20.5 Å². The van der Waals surface area contributed by atoms with E-state index in [9.17, 15) is 0 Å². The monoisotopic (exact) mass is 499 g/mol. The van der Waals surface area contributed by atoms with Crippen LogP contribution in [0.3, 0.4) is 0 Å².